The molecule has 0 saturated heterocycles. The van der Waals surface area contributed by atoms with E-state index in [2.05, 4.69) is 0 Å². The van der Waals surface area contributed by atoms with Crippen LogP contribution in [0.5, 0.6) is 0 Å². The molecule has 114 valence electrons. The van der Waals surface area contributed by atoms with Crippen LogP contribution in [0.15, 0.2) is 30.3 Å². The topological polar surface area (TPSA) is 6.48 Å². The maximum absolute atomic E-state index is 15.2. The van der Waals surface area contributed by atoms with Crippen molar-refractivity contribution in [1.29, 1.82) is 0 Å². The van der Waals surface area contributed by atoms with Crippen LogP contribution in [0.4, 0.5) is 13.9 Å². The molecule has 0 bridgehead atoms. The highest BCUT2D eigenvalue weighted by Crippen LogP contribution is 2.34. The second-order valence-corrected chi connectivity index (χ2v) is 14.5. The summed E-state index contributed by atoms with van der Waals surface area (Å²) in [6.07, 6.45) is 0. The van der Waals surface area contributed by atoms with Gasteiger partial charge in [0.15, 0.2) is 0 Å². The summed E-state index contributed by atoms with van der Waals surface area (Å²) in [7, 11) is -5.35. The van der Waals surface area contributed by atoms with Gasteiger partial charge in [0.1, 0.15) is 8.24 Å². The highest BCUT2D eigenvalue weighted by Gasteiger charge is 2.58. The summed E-state index contributed by atoms with van der Waals surface area (Å²) in [5.74, 6) is 0. The fraction of sp³-hybridized carbons (Fsp3) is 0.571. The van der Waals surface area contributed by atoms with Gasteiger partial charge in [0.25, 0.3) is 0 Å². The van der Waals surface area contributed by atoms with E-state index in [4.69, 9.17) is 0 Å². The largest absolute Gasteiger partial charge is 0.626 e. The van der Waals surface area contributed by atoms with E-state index in [1.165, 1.54) is 15.8 Å². The zero-order valence-corrected chi connectivity index (χ0v) is 15.5. The second-order valence-electron chi connectivity index (χ2n) is 7.08. The smallest absolute Gasteiger partial charge is 0.338 e. The number of hydrogen-bond acceptors (Lipinski definition) is 2. The van der Waals surface area contributed by atoms with Gasteiger partial charge in [-0.25, -0.2) is 8.22 Å². The summed E-state index contributed by atoms with van der Waals surface area (Å²) in [5.41, 5.74) is 0.0418. The third-order valence-corrected chi connectivity index (χ3v) is 10.3. The van der Waals surface area contributed by atoms with E-state index < -0.39 is 22.8 Å². The van der Waals surface area contributed by atoms with Crippen molar-refractivity contribution in [3.05, 3.63) is 30.3 Å². The molecule has 0 heterocycles. The van der Waals surface area contributed by atoms with Crippen molar-refractivity contribution < 1.29 is 8.22 Å². The Morgan fingerprint density at radius 1 is 0.950 bits per heavy atom. The lowest BCUT2D eigenvalue weighted by Gasteiger charge is -2.49. The van der Waals surface area contributed by atoms with E-state index in [0.717, 1.165) is 0 Å². The van der Waals surface area contributed by atoms with Gasteiger partial charge in [-0.15, -0.1) is 0 Å². The average Bonchev–Trinajstić information content (AvgIpc) is 2.24. The van der Waals surface area contributed by atoms with Crippen molar-refractivity contribution in [3.63, 3.8) is 0 Å². The summed E-state index contributed by atoms with van der Waals surface area (Å²) in [6.45, 7) is 11.6. The molecule has 0 amide bonds. The molecule has 0 N–H and O–H groups in total. The minimum absolute atomic E-state index is 0.538. The number of rotatable bonds is 4. The lowest BCUT2D eigenvalue weighted by molar-refractivity contribution is 0.288. The van der Waals surface area contributed by atoms with Crippen molar-refractivity contribution in [1.82, 2.24) is 4.23 Å². The average molecular weight is 317 g/mol. The predicted molar refractivity (Wildman–Crippen MR) is 87.8 cm³/mol. The normalized spacial score (nSPS) is 13.7. The monoisotopic (exact) mass is 316 g/mol. The highest BCUT2D eigenvalue weighted by molar-refractivity contribution is 6.87. The van der Waals surface area contributed by atoms with Crippen molar-refractivity contribution in [3.8, 4) is 0 Å². The van der Waals surface area contributed by atoms with Gasteiger partial charge in [0, 0.05) is 18.3 Å². The second kappa shape index (κ2) is 5.57. The van der Waals surface area contributed by atoms with Gasteiger partial charge < -0.3 is 4.57 Å². The summed E-state index contributed by atoms with van der Waals surface area (Å²) in [6, 6.07) is 8.92. The van der Waals surface area contributed by atoms with Gasteiger partial charge in [0.05, 0.1) is 0 Å². The number of halogens is 2. The summed E-state index contributed by atoms with van der Waals surface area (Å²) < 4.78 is 33.1. The Labute approximate surface area is 124 Å². The van der Waals surface area contributed by atoms with Crippen molar-refractivity contribution in [2.24, 2.45) is 0 Å². The van der Waals surface area contributed by atoms with E-state index in [0.29, 0.717) is 5.69 Å². The molecule has 0 fully saturated rings. The van der Waals surface area contributed by atoms with Crippen molar-refractivity contribution in [2.75, 3.05) is 11.6 Å². The minimum Gasteiger partial charge on any atom is -0.338 e. The molecule has 0 saturated carbocycles. The first kappa shape index (κ1) is 17.3. The van der Waals surface area contributed by atoms with Crippen molar-refractivity contribution in [2.45, 2.75) is 46.0 Å². The molecule has 0 atom stereocenters. The molecular weight excluding hydrogens is 290 g/mol. The van der Waals surface area contributed by atoms with Gasteiger partial charge in [0.2, 0.25) is 0 Å². The van der Waals surface area contributed by atoms with Gasteiger partial charge >= 0.3 is 9.06 Å². The first-order valence-corrected chi connectivity index (χ1v) is 12.0. The quantitative estimate of drug-likeness (QED) is 0.599. The van der Waals surface area contributed by atoms with Crippen LogP contribution in [0.25, 0.3) is 0 Å². The molecule has 0 aromatic heterocycles. The van der Waals surface area contributed by atoms with E-state index in [1.54, 1.807) is 24.3 Å². The fourth-order valence-corrected chi connectivity index (χ4v) is 10.0. The first-order chi connectivity index (χ1) is 8.88. The lowest BCUT2D eigenvalue weighted by atomic mass is 10.1. The molecule has 1 rings (SSSR count). The zero-order chi connectivity index (χ0) is 15.8. The van der Waals surface area contributed by atoms with Crippen LogP contribution in [0.2, 0.25) is 19.6 Å². The molecule has 0 radical (unpaired) electrons. The Balaban J connectivity index is 3.24. The molecule has 0 aliphatic heterocycles. The summed E-state index contributed by atoms with van der Waals surface area (Å²) >= 11 is 0. The zero-order valence-electron chi connectivity index (χ0n) is 13.5. The molecule has 20 heavy (non-hydrogen) atoms. The first-order valence-electron chi connectivity index (χ1n) is 6.85. The minimum atomic E-state index is -4.72. The van der Waals surface area contributed by atoms with Crippen molar-refractivity contribution >= 4 is 23.0 Å². The van der Waals surface area contributed by atoms with Crippen LogP contribution < -0.4 is 4.57 Å². The third-order valence-electron chi connectivity index (χ3n) is 3.16. The Kier molecular flexibility index (Phi) is 4.83. The number of anilines is 1. The Morgan fingerprint density at radius 3 is 1.75 bits per heavy atom. The van der Waals surface area contributed by atoms with E-state index in [9.17, 15) is 0 Å². The lowest BCUT2D eigenvalue weighted by Crippen LogP contribution is -2.72. The molecule has 0 aliphatic rings. The molecular formula is C14H26F2N2Si2. The van der Waals surface area contributed by atoms with Crippen LogP contribution in [0.3, 0.4) is 0 Å². The van der Waals surface area contributed by atoms with Crippen LogP contribution in [-0.2, 0) is 0 Å². The van der Waals surface area contributed by atoms with Crippen LogP contribution in [-0.4, -0.2) is 34.1 Å². The van der Waals surface area contributed by atoms with Crippen LogP contribution in [0.1, 0.15) is 20.8 Å². The van der Waals surface area contributed by atoms with Crippen LogP contribution in [0, 0.1) is 0 Å². The maximum Gasteiger partial charge on any atom is 0.626 e. The standard InChI is InChI=1S/C14H26F2N2Si2/c1-14(2,3)18(19(5,6)7)20(15,16)17(4)13-11-9-8-10-12-13/h8-12H,1-7H3. The molecule has 2 nitrogen and oxygen atoms in total. The summed E-state index contributed by atoms with van der Waals surface area (Å²) in [5, 5.41) is 0. The highest BCUT2D eigenvalue weighted by atomic mass is 28.5. The molecule has 1 aromatic rings. The Morgan fingerprint density at radius 2 is 1.40 bits per heavy atom. The van der Waals surface area contributed by atoms with Gasteiger partial charge in [-0.2, -0.15) is 0 Å². The molecule has 6 heteroatoms. The molecule has 0 aliphatic carbocycles. The number of hydrogen-bond donors (Lipinski definition) is 0. The fourth-order valence-electron chi connectivity index (χ4n) is 2.77. The summed E-state index contributed by atoms with van der Waals surface area (Å²) in [4.78, 5) is 0. The Bertz CT molecular complexity index is 425. The maximum atomic E-state index is 15.2. The van der Waals surface area contributed by atoms with Gasteiger partial charge in [-0.05, 0) is 32.9 Å². The van der Waals surface area contributed by atoms with E-state index in [-0.39, 0.29) is 0 Å². The Hall–Kier alpha value is -0.726. The molecule has 0 unspecified atom stereocenters. The van der Waals surface area contributed by atoms with E-state index >= 15 is 8.22 Å². The SMILES string of the molecule is CN(c1ccccc1)[Si](F)(F)N(C(C)(C)C)[Si](C)(C)C. The van der Waals surface area contributed by atoms with Crippen LogP contribution >= 0.6 is 0 Å². The van der Waals surface area contributed by atoms with E-state index in [1.807, 2.05) is 46.5 Å². The number of nitrogens with zero attached hydrogens (tertiary/aromatic N) is 2. The number of para-hydroxylation sites is 1. The molecule has 0 spiro atoms. The van der Waals surface area contributed by atoms with Gasteiger partial charge in [-0.1, -0.05) is 37.8 Å². The number of benzene rings is 1. The predicted octanol–water partition coefficient (Wildman–Crippen LogP) is 4.43. The molecule has 1 aromatic carbocycles. The third kappa shape index (κ3) is 3.68. The van der Waals surface area contributed by atoms with Gasteiger partial charge in [-0.3, -0.25) is 4.23 Å².